The molecule has 0 spiro atoms. The van der Waals surface area contributed by atoms with Crippen LogP contribution in [0.3, 0.4) is 0 Å². The number of anilines is 1. The number of hydrogen-bond acceptors (Lipinski definition) is 4. The third kappa shape index (κ3) is 4.81. The number of carbonyl (C=O) groups excluding carboxylic acids is 2. The van der Waals surface area contributed by atoms with E-state index in [-0.39, 0.29) is 23.5 Å². The SMILES string of the molecule is COc1ccc(N2CCN(C(=O)C3CCN(C(=O)c4ccc(F)cc4)CC3)CC2)cc1. The third-order valence-corrected chi connectivity index (χ3v) is 6.25. The second-order valence-electron chi connectivity index (χ2n) is 8.08. The molecule has 0 atom stereocenters. The van der Waals surface area contributed by atoms with E-state index in [2.05, 4.69) is 4.90 Å². The summed E-state index contributed by atoms with van der Waals surface area (Å²) in [5, 5.41) is 0. The summed E-state index contributed by atoms with van der Waals surface area (Å²) >= 11 is 0. The third-order valence-electron chi connectivity index (χ3n) is 6.25. The zero-order chi connectivity index (χ0) is 21.8. The standard InChI is InChI=1S/C24H28FN3O3/c1-31-22-8-6-21(7-9-22)26-14-16-28(17-15-26)24(30)19-10-12-27(13-11-19)23(29)18-2-4-20(25)5-3-18/h2-9,19H,10-17H2,1H3. The van der Waals surface area contributed by atoms with Gasteiger partial charge in [-0.1, -0.05) is 0 Å². The highest BCUT2D eigenvalue weighted by molar-refractivity contribution is 5.94. The van der Waals surface area contributed by atoms with E-state index in [0.29, 0.717) is 44.6 Å². The fourth-order valence-corrected chi connectivity index (χ4v) is 4.34. The van der Waals surface area contributed by atoms with Gasteiger partial charge in [0.05, 0.1) is 7.11 Å². The molecule has 2 aliphatic rings. The van der Waals surface area contributed by atoms with Crippen molar-refractivity contribution >= 4 is 17.5 Å². The molecule has 0 N–H and O–H groups in total. The molecule has 0 radical (unpaired) electrons. The number of piperidine rings is 1. The molecule has 2 aromatic carbocycles. The van der Waals surface area contributed by atoms with E-state index in [1.165, 1.54) is 24.3 Å². The Hall–Kier alpha value is -3.09. The predicted octanol–water partition coefficient (Wildman–Crippen LogP) is 3.04. The van der Waals surface area contributed by atoms with Gasteiger partial charge in [0, 0.05) is 56.4 Å². The van der Waals surface area contributed by atoms with Crippen molar-refractivity contribution in [1.82, 2.24) is 9.80 Å². The van der Waals surface area contributed by atoms with Crippen LogP contribution in [-0.4, -0.2) is 68.0 Å². The van der Waals surface area contributed by atoms with Crippen LogP contribution in [0, 0.1) is 11.7 Å². The lowest BCUT2D eigenvalue weighted by Gasteiger charge is -2.39. The summed E-state index contributed by atoms with van der Waals surface area (Å²) < 4.78 is 18.3. The molecular weight excluding hydrogens is 397 g/mol. The van der Waals surface area contributed by atoms with Gasteiger partial charge in [0.2, 0.25) is 5.91 Å². The maximum atomic E-state index is 13.1. The van der Waals surface area contributed by atoms with Crippen molar-refractivity contribution in [2.75, 3.05) is 51.3 Å². The summed E-state index contributed by atoms with van der Waals surface area (Å²) in [6, 6.07) is 13.6. The number of rotatable bonds is 4. The predicted molar refractivity (Wildman–Crippen MR) is 117 cm³/mol. The number of piperazine rings is 1. The molecule has 2 saturated heterocycles. The number of amides is 2. The molecule has 0 aliphatic carbocycles. The first-order valence-corrected chi connectivity index (χ1v) is 10.8. The lowest BCUT2D eigenvalue weighted by atomic mass is 9.94. The largest absolute Gasteiger partial charge is 0.497 e. The van der Waals surface area contributed by atoms with Gasteiger partial charge < -0.3 is 19.4 Å². The average molecular weight is 426 g/mol. The molecule has 6 nitrogen and oxygen atoms in total. The van der Waals surface area contributed by atoms with E-state index in [1.807, 2.05) is 29.2 Å². The van der Waals surface area contributed by atoms with Crippen LogP contribution in [0.5, 0.6) is 5.75 Å². The van der Waals surface area contributed by atoms with Crippen molar-refractivity contribution in [2.45, 2.75) is 12.8 Å². The summed E-state index contributed by atoms with van der Waals surface area (Å²) in [5.41, 5.74) is 1.63. The van der Waals surface area contributed by atoms with E-state index in [1.54, 1.807) is 12.0 Å². The number of nitrogens with zero attached hydrogens (tertiary/aromatic N) is 3. The summed E-state index contributed by atoms with van der Waals surface area (Å²) in [4.78, 5) is 31.6. The fourth-order valence-electron chi connectivity index (χ4n) is 4.34. The van der Waals surface area contributed by atoms with Crippen molar-refractivity contribution in [3.05, 3.63) is 59.9 Å². The minimum absolute atomic E-state index is 0.0372. The second-order valence-corrected chi connectivity index (χ2v) is 8.08. The van der Waals surface area contributed by atoms with Gasteiger partial charge in [-0.3, -0.25) is 9.59 Å². The quantitative estimate of drug-likeness (QED) is 0.756. The Balaban J connectivity index is 1.26. The van der Waals surface area contributed by atoms with Crippen LogP contribution in [0.2, 0.25) is 0 Å². The summed E-state index contributed by atoms with van der Waals surface area (Å²) in [5.74, 6) is 0.543. The molecule has 164 valence electrons. The van der Waals surface area contributed by atoms with Crippen LogP contribution in [0.1, 0.15) is 23.2 Å². The zero-order valence-corrected chi connectivity index (χ0v) is 17.8. The average Bonchev–Trinajstić information content (AvgIpc) is 2.84. The van der Waals surface area contributed by atoms with Gasteiger partial charge in [-0.05, 0) is 61.4 Å². The molecular formula is C24H28FN3O3. The Morgan fingerprint density at radius 2 is 1.45 bits per heavy atom. The first kappa shape index (κ1) is 21.2. The zero-order valence-electron chi connectivity index (χ0n) is 17.8. The lowest BCUT2D eigenvalue weighted by molar-refractivity contribution is -0.137. The van der Waals surface area contributed by atoms with Crippen molar-refractivity contribution in [3.63, 3.8) is 0 Å². The van der Waals surface area contributed by atoms with Gasteiger partial charge in [0.25, 0.3) is 5.91 Å². The van der Waals surface area contributed by atoms with Gasteiger partial charge >= 0.3 is 0 Å². The van der Waals surface area contributed by atoms with Gasteiger partial charge in [-0.15, -0.1) is 0 Å². The molecule has 2 amide bonds. The molecule has 4 rings (SSSR count). The summed E-state index contributed by atoms with van der Waals surface area (Å²) in [6.45, 7) is 4.13. The molecule has 2 aromatic rings. The molecule has 7 heteroatoms. The normalized spacial score (nSPS) is 17.5. The topological polar surface area (TPSA) is 53.1 Å². The second kappa shape index (κ2) is 9.37. The van der Waals surface area contributed by atoms with Gasteiger partial charge in [-0.25, -0.2) is 4.39 Å². The van der Waals surface area contributed by atoms with Crippen LogP contribution in [0.4, 0.5) is 10.1 Å². The van der Waals surface area contributed by atoms with E-state index in [4.69, 9.17) is 4.74 Å². The molecule has 0 unspecified atom stereocenters. The van der Waals surface area contributed by atoms with E-state index in [0.717, 1.165) is 24.5 Å². The number of likely N-dealkylation sites (tertiary alicyclic amines) is 1. The molecule has 2 heterocycles. The Morgan fingerprint density at radius 3 is 2.03 bits per heavy atom. The first-order chi connectivity index (χ1) is 15.0. The van der Waals surface area contributed by atoms with Crippen molar-refractivity contribution in [1.29, 1.82) is 0 Å². The number of ether oxygens (including phenoxy) is 1. The number of halogens is 1. The van der Waals surface area contributed by atoms with E-state index in [9.17, 15) is 14.0 Å². The highest BCUT2D eigenvalue weighted by Crippen LogP contribution is 2.24. The van der Waals surface area contributed by atoms with Gasteiger partial charge in [-0.2, -0.15) is 0 Å². The number of methoxy groups -OCH3 is 1. The lowest BCUT2D eigenvalue weighted by Crippen LogP contribution is -2.52. The van der Waals surface area contributed by atoms with E-state index < -0.39 is 0 Å². The molecule has 2 fully saturated rings. The summed E-state index contributed by atoms with van der Waals surface area (Å²) in [7, 11) is 1.66. The number of benzene rings is 2. The highest BCUT2D eigenvalue weighted by Gasteiger charge is 2.32. The van der Waals surface area contributed by atoms with Crippen LogP contribution in [0.15, 0.2) is 48.5 Å². The smallest absolute Gasteiger partial charge is 0.253 e. The fraction of sp³-hybridized carbons (Fsp3) is 0.417. The molecule has 0 bridgehead atoms. The Kier molecular flexibility index (Phi) is 6.39. The van der Waals surface area contributed by atoms with Crippen molar-refractivity contribution < 1.29 is 18.7 Å². The maximum Gasteiger partial charge on any atom is 0.253 e. The number of hydrogen-bond donors (Lipinski definition) is 0. The Labute approximate surface area is 182 Å². The van der Waals surface area contributed by atoms with Crippen molar-refractivity contribution in [3.8, 4) is 5.75 Å². The Bertz CT molecular complexity index is 901. The van der Waals surface area contributed by atoms with Crippen LogP contribution < -0.4 is 9.64 Å². The number of carbonyl (C=O) groups is 2. The highest BCUT2D eigenvalue weighted by atomic mass is 19.1. The molecule has 0 saturated carbocycles. The monoisotopic (exact) mass is 425 g/mol. The first-order valence-electron chi connectivity index (χ1n) is 10.8. The van der Waals surface area contributed by atoms with Crippen LogP contribution in [-0.2, 0) is 4.79 Å². The minimum Gasteiger partial charge on any atom is -0.497 e. The van der Waals surface area contributed by atoms with Crippen LogP contribution in [0.25, 0.3) is 0 Å². The molecule has 0 aromatic heterocycles. The minimum atomic E-state index is -0.354. The van der Waals surface area contributed by atoms with Crippen LogP contribution >= 0.6 is 0 Å². The van der Waals surface area contributed by atoms with Gasteiger partial charge in [0.1, 0.15) is 11.6 Å². The van der Waals surface area contributed by atoms with Gasteiger partial charge in [0.15, 0.2) is 0 Å². The maximum absolute atomic E-state index is 13.1. The molecule has 31 heavy (non-hydrogen) atoms. The molecule has 2 aliphatic heterocycles. The van der Waals surface area contributed by atoms with Crippen molar-refractivity contribution in [2.24, 2.45) is 5.92 Å². The Morgan fingerprint density at radius 1 is 0.839 bits per heavy atom. The van der Waals surface area contributed by atoms with E-state index >= 15 is 0 Å². The summed E-state index contributed by atoms with van der Waals surface area (Å²) in [6.07, 6.45) is 1.34.